The van der Waals surface area contributed by atoms with E-state index in [1.807, 2.05) is 30.3 Å². The van der Waals surface area contributed by atoms with E-state index in [9.17, 15) is 14.4 Å². The highest BCUT2D eigenvalue weighted by Crippen LogP contribution is 2.31. The number of rotatable bonds is 5. The van der Waals surface area contributed by atoms with Crippen molar-refractivity contribution in [2.45, 2.75) is 31.9 Å². The van der Waals surface area contributed by atoms with Crippen LogP contribution in [0.25, 0.3) is 0 Å². The number of esters is 1. The maximum absolute atomic E-state index is 12.9. The van der Waals surface area contributed by atoms with E-state index in [-0.39, 0.29) is 12.5 Å². The molecule has 0 aromatic heterocycles. The molecule has 1 aliphatic rings. The molecule has 1 unspecified atom stereocenters. The van der Waals surface area contributed by atoms with E-state index in [4.69, 9.17) is 4.74 Å². The van der Waals surface area contributed by atoms with E-state index in [0.717, 1.165) is 5.56 Å². The lowest BCUT2D eigenvalue weighted by atomic mass is 9.97. The van der Waals surface area contributed by atoms with Crippen LogP contribution in [0, 0.1) is 0 Å². The Morgan fingerprint density at radius 2 is 1.76 bits per heavy atom. The summed E-state index contributed by atoms with van der Waals surface area (Å²) in [6.07, 6.45) is 0.746. The highest BCUT2D eigenvalue weighted by molar-refractivity contribution is 6.00. The van der Waals surface area contributed by atoms with Gasteiger partial charge in [0.1, 0.15) is 12.1 Å². The molecule has 0 bridgehead atoms. The molecule has 0 aliphatic carbocycles. The van der Waals surface area contributed by atoms with Gasteiger partial charge in [-0.1, -0.05) is 30.3 Å². The molecule has 2 aromatic carbocycles. The zero-order valence-electron chi connectivity index (χ0n) is 16.5. The predicted octanol–water partition coefficient (Wildman–Crippen LogP) is 3.60. The molecule has 1 heterocycles. The number of likely N-dealkylation sites (tertiary alicyclic amines) is 1. The van der Waals surface area contributed by atoms with Gasteiger partial charge >= 0.3 is 12.1 Å². The van der Waals surface area contributed by atoms with Gasteiger partial charge in [0.2, 0.25) is 5.91 Å². The van der Waals surface area contributed by atoms with Gasteiger partial charge in [0, 0.05) is 12.2 Å². The quantitative estimate of drug-likeness (QED) is 0.781. The number of hydrogen-bond donors (Lipinski definition) is 1. The summed E-state index contributed by atoms with van der Waals surface area (Å²) in [5, 5.41) is 2.83. The Balaban J connectivity index is 1.64. The number of nitrogens with zero attached hydrogens (tertiary/aromatic N) is 1. The molecule has 1 fully saturated rings. The zero-order chi connectivity index (χ0) is 20.9. The third kappa shape index (κ3) is 4.56. The van der Waals surface area contributed by atoms with E-state index < -0.39 is 17.6 Å². The Labute approximate surface area is 169 Å². The lowest BCUT2D eigenvalue weighted by molar-refractivity contribution is -0.125. The lowest BCUT2D eigenvalue weighted by Gasteiger charge is -2.33. The molecule has 0 spiro atoms. The number of hydrogen-bond acceptors (Lipinski definition) is 5. The first-order valence-electron chi connectivity index (χ1n) is 9.42. The molecule has 2 aromatic rings. The molecule has 7 heteroatoms. The summed E-state index contributed by atoms with van der Waals surface area (Å²) in [5.74, 6) is -0.740. The Kier molecular flexibility index (Phi) is 6.16. The van der Waals surface area contributed by atoms with Crippen LogP contribution in [0.1, 0.15) is 35.7 Å². The third-order valence-corrected chi connectivity index (χ3v) is 5.12. The average Bonchev–Trinajstić information content (AvgIpc) is 3.15. The number of benzene rings is 2. The van der Waals surface area contributed by atoms with Crippen molar-refractivity contribution in [2.75, 3.05) is 19.0 Å². The topological polar surface area (TPSA) is 84.9 Å². The number of anilines is 1. The standard InChI is InChI=1S/C22H24N2O5/c1-22(20(26)23-18-11-9-17(10-12-18)19(25)28-2)13-6-14-24(22)21(27)29-15-16-7-4-3-5-8-16/h3-5,7-12H,6,13-15H2,1-2H3,(H,23,26). The van der Waals surface area contributed by atoms with Crippen LogP contribution in [0.15, 0.2) is 54.6 Å². The summed E-state index contributed by atoms with van der Waals surface area (Å²) in [7, 11) is 1.31. The Morgan fingerprint density at radius 3 is 2.41 bits per heavy atom. The number of nitrogens with one attached hydrogen (secondary N) is 1. The minimum atomic E-state index is -1.01. The van der Waals surface area contributed by atoms with Crippen LogP contribution in [0.4, 0.5) is 10.5 Å². The van der Waals surface area contributed by atoms with Crippen molar-refractivity contribution in [1.29, 1.82) is 0 Å². The second-order valence-electron chi connectivity index (χ2n) is 7.09. The van der Waals surface area contributed by atoms with E-state index in [1.165, 1.54) is 12.0 Å². The largest absolute Gasteiger partial charge is 0.465 e. The molecule has 152 valence electrons. The summed E-state index contributed by atoms with van der Waals surface area (Å²) < 4.78 is 10.1. The molecule has 2 amide bonds. The first-order chi connectivity index (χ1) is 13.9. The summed E-state index contributed by atoms with van der Waals surface area (Å²) in [6.45, 7) is 2.35. The number of ether oxygens (including phenoxy) is 2. The zero-order valence-corrected chi connectivity index (χ0v) is 16.5. The molecular weight excluding hydrogens is 372 g/mol. The van der Waals surface area contributed by atoms with Crippen LogP contribution in [-0.2, 0) is 20.9 Å². The molecule has 1 atom stereocenters. The van der Waals surface area contributed by atoms with Crippen molar-refractivity contribution in [3.63, 3.8) is 0 Å². The molecular formula is C22H24N2O5. The van der Waals surface area contributed by atoms with E-state index in [1.54, 1.807) is 31.2 Å². The smallest absolute Gasteiger partial charge is 0.410 e. The Bertz CT molecular complexity index is 882. The van der Waals surface area contributed by atoms with Crippen molar-refractivity contribution >= 4 is 23.7 Å². The number of carbonyl (C=O) groups is 3. The van der Waals surface area contributed by atoms with Crippen molar-refractivity contribution < 1.29 is 23.9 Å². The second-order valence-corrected chi connectivity index (χ2v) is 7.09. The van der Waals surface area contributed by atoms with Gasteiger partial charge in [-0.25, -0.2) is 9.59 Å². The molecule has 7 nitrogen and oxygen atoms in total. The molecule has 29 heavy (non-hydrogen) atoms. The monoisotopic (exact) mass is 396 g/mol. The van der Waals surface area contributed by atoms with Gasteiger partial charge in [0.15, 0.2) is 0 Å². The highest BCUT2D eigenvalue weighted by atomic mass is 16.6. The summed E-state index contributed by atoms with van der Waals surface area (Å²) in [4.78, 5) is 38.6. The minimum Gasteiger partial charge on any atom is -0.465 e. The van der Waals surface area contributed by atoms with Crippen LogP contribution in [0.3, 0.4) is 0 Å². The van der Waals surface area contributed by atoms with Gasteiger partial charge in [-0.15, -0.1) is 0 Å². The first kappa shape index (κ1) is 20.4. The van der Waals surface area contributed by atoms with E-state index in [0.29, 0.717) is 30.6 Å². The van der Waals surface area contributed by atoms with Gasteiger partial charge in [-0.2, -0.15) is 0 Å². The average molecular weight is 396 g/mol. The van der Waals surface area contributed by atoms with Crippen LogP contribution in [0.5, 0.6) is 0 Å². The van der Waals surface area contributed by atoms with Crippen molar-refractivity contribution in [3.05, 3.63) is 65.7 Å². The fourth-order valence-electron chi connectivity index (χ4n) is 3.36. The molecule has 3 rings (SSSR count). The molecule has 0 saturated carbocycles. The van der Waals surface area contributed by atoms with Gasteiger partial charge in [0.25, 0.3) is 0 Å². The second kappa shape index (κ2) is 8.77. The summed E-state index contributed by atoms with van der Waals surface area (Å²) >= 11 is 0. The molecule has 1 aliphatic heterocycles. The normalized spacial score (nSPS) is 18.2. The third-order valence-electron chi connectivity index (χ3n) is 5.12. The fourth-order valence-corrected chi connectivity index (χ4v) is 3.36. The summed E-state index contributed by atoms with van der Waals surface area (Å²) in [6, 6.07) is 15.8. The van der Waals surface area contributed by atoms with Gasteiger partial charge in [0.05, 0.1) is 12.7 Å². The van der Waals surface area contributed by atoms with Crippen LogP contribution < -0.4 is 5.32 Å². The van der Waals surface area contributed by atoms with E-state index in [2.05, 4.69) is 10.1 Å². The van der Waals surface area contributed by atoms with Crippen molar-refractivity contribution in [3.8, 4) is 0 Å². The number of amides is 2. The summed E-state index contributed by atoms with van der Waals surface area (Å²) in [5.41, 5.74) is 0.809. The first-order valence-corrected chi connectivity index (χ1v) is 9.42. The maximum atomic E-state index is 12.9. The minimum absolute atomic E-state index is 0.156. The predicted molar refractivity (Wildman–Crippen MR) is 107 cm³/mol. The maximum Gasteiger partial charge on any atom is 0.410 e. The van der Waals surface area contributed by atoms with Gasteiger partial charge < -0.3 is 14.8 Å². The number of methoxy groups -OCH3 is 1. The van der Waals surface area contributed by atoms with Crippen molar-refractivity contribution in [2.24, 2.45) is 0 Å². The van der Waals surface area contributed by atoms with Gasteiger partial charge in [-0.3, -0.25) is 9.69 Å². The van der Waals surface area contributed by atoms with E-state index >= 15 is 0 Å². The Morgan fingerprint density at radius 1 is 1.07 bits per heavy atom. The van der Waals surface area contributed by atoms with Gasteiger partial charge in [-0.05, 0) is 49.6 Å². The highest BCUT2D eigenvalue weighted by Gasteiger charge is 2.46. The molecule has 1 N–H and O–H groups in total. The number of carbonyl (C=O) groups excluding carboxylic acids is 3. The SMILES string of the molecule is COC(=O)c1ccc(NC(=O)C2(C)CCCN2C(=O)OCc2ccccc2)cc1. The van der Waals surface area contributed by atoms with Crippen LogP contribution >= 0.6 is 0 Å². The Hall–Kier alpha value is -3.35. The van der Waals surface area contributed by atoms with Crippen molar-refractivity contribution in [1.82, 2.24) is 4.90 Å². The van der Waals surface area contributed by atoms with Crippen LogP contribution in [-0.4, -0.2) is 42.1 Å². The molecule has 0 radical (unpaired) electrons. The lowest BCUT2D eigenvalue weighted by Crippen LogP contribution is -2.53. The molecule has 1 saturated heterocycles. The van der Waals surface area contributed by atoms with Crippen LogP contribution in [0.2, 0.25) is 0 Å². The fraction of sp³-hybridized carbons (Fsp3) is 0.318.